The van der Waals surface area contributed by atoms with E-state index < -0.39 is 11.8 Å². The van der Waals surface area contributed by atoms with E-state index in [1.807, 2.05) is 0 Å². The first kappa shape index (κ1) is 8.43. The van der Waals surface area contributed by atoms with Crippen molar-refractivity contribution >= 4 is 17.4 Å². The second-order valence-corrected chi connectivity index (χ2v) is 2.74. The summed E-state index contributed by atoms with van der Waals surface area (Å²) in [5, 5.41) is 8.48. The van der Waals surface area contributed by atoms with E-state index in [4.69, 9.17) is 5.11 Å². The van der Waals surface area contributed by atoms with Crippen molar-refractivity contribution in [3.05, 3.63) is 36.3 Å². The van der Waals surface area contributed by atoms with Crippen LogP contribution in [0.25, 0.3) is 5.65 Å². The molecule has 0 aliphatic rings. The maximum Gasteiger partial charge on any atom is 0.377 e. The normalized spacial score (nSPS) is 10.3. The minimum absolute atomic E-state index is 0.142. The van der Waals surface area contributed by atoms with E-state index in [1.165, 1.54) is 12.3 Å². The van der Waals surface area contributed by atoms with Gasteiger partial charge in [-0.25, -0.2) is 9.78 Å². The molecule has 0 radical (unpaired) electrons. The number of nitrogens with zero attached hydrogens (tertiary/aromatic N) is 2. The molecular formula is C9H6N2O3. The zero-order valence-corrected chi connectivity index (χ0v) is 7.04. The van der Waals surface area contributed by atoms with Gasteiger partial charge in [0, 0.05) is 24.2 Å². The summed E-state index contributed by atoms with van der Waals surface area (Å²) in [7, 11) is 0. The van der Waals surface area contributed by atoms with Gasteiger partial charge in [-0.2, -0.15) is 0 Å². The van der Waals surface area contributed by atoms with Gasteiger partial charge in [0.2, 0.25) is 0 Å². The summed E-state index contributed by atoms with van der Waals surface area (Å²) in [5.41, 5.74) is 0.815. The second-order valence-electron chi connectivity index (χ2n) is 2.74. The Hall–Kier alpha value is -2.17. The Bertz CT molecular complexity index is 516. The lowest BCUT2D eigenvalue weighted by Gasteiger charge is -1.97. The van der Waals surface area contributed by atoms with Gasteiger partial charge in [-0.3, -0.25) is 4.79 Å². The van der Waals surface area contributed by atoms with E-state index in [-0.39, 0.29) is 5.56 Å². The Morgan fingerprint density at radius 2 is 2.14 bits per heavy atom. The summed E-state index contributed by atoms with van der Waals surface area (Å²) >= 11 is 0. The van der Waals surface area contributed by atoms with Gasteiger partial charge in [-0.1, -0.05) is 0 Å². The van der Waals surface area contributed by atoms with Crippen LogP contribution in [0, 0.1) is 0 Å². The first-order valence-electron chi connectivity index (χ1n) is 3.89. The third-order valence-electron chi connectivity index (χ3n) is 1.85. The Balaban J connectivity index is 2.54. The summed E-state index contributed by atoms with van der Waals surface area (Å²) in [6, 6.07) is 3.04. The van der Waals surface area contributed by atoms with E-state index in [9.17, 15) is 9.59 Å². The number of rotatable bonds is 2. The Morgan fingerprint density at radius 3 is 2.86 bits per heavy atom. The van der Waals surface area contributed by atoms with Crippen LogP contribution in [-0.4, -0.2) is 26.2 Å². The van der Waals surface area contributed by atoms with Crippen LogP contribution in [0.3, 0.4) is 0 Å². The lowest BCUT2D eigenvalue weighted by molar-refractivity contribution is -0.131. The number of hydrogen-bond donors (Lipinski definition) is 1. The van der Waals surface area contributed by atoms with Crippen molar-refractivity contribution in [3.63, 3.8) is 0 Å². The number of carbonyl (C=O) groups is 2. The summed E-state index contributed by atoms with van der Waals surface area (Å²) in [6.45, 7) is 0. The number of aliphatic carboxylic acids is 1. The molecule has 14 heavy (non-hydrogen) atoms. The minimum Gasteiger partial charge on any atom is -0.475 e. The highest BCUT2D eigenvalue weighted by atomic mass is 16.4. The molecule has 5 nitrogen and oxygen atoms in total. The molecule has 5 heteroatoms. The van der Waals surface area contributed by atoms with Crippen LogP contribution in [0.4, 0.5) is 0 Å². The first-order valence-corrected chi connectivity index (χ1v) is 3.89. The number of carboxylic acids is 1. The molecule has 0 unspecified atom stereocenters. The number of fused-ring (bicyclic) bond motifs is 1. The first-order chi connectivity index (χ1) is 6.68. The second kappa shape index (κ2) is 2.95. The highest BCUT2D eigenvalue weighted by Crippen LogP contribution is 2.05. The van der Waals surface area contributed by atoms with Gasteiger partial charge in [-0.05, 0) is 12.1 Å². The zero-order valence-electron chi connectivity index (χ0n) is 7.04. The highest BCUT2D eigenvalue weighted by molar-refractivity contribution is 6.39. The molecule has 1 N–H and O–H groups in total. The number of pyridine rings is 1. The molecule has 2 aromatic rings. The van der Waals surface area contributed by atoms with Crippen molar-refractivity contribution in [1.82, 2.24) is 9.38 Å². The zero-order chi connectivity index (χ0) is 10.1. The molecule has 70 valence electrons. The van der Waals surface area contributed by atoms with Crippen LogP contribution in [0.5, 0.6) is 0 Å². The fraction of sp³-hybridized carbons (Fsp3) is 0. The molecule has 2 heterocycles. The van der Waals surface area contributed by atoms with Gasteiger partial charge in [0.1, 0.15) is 5.65 Å². The fourth-order valence-corrected chi connectivity index (χ4v) is 1.18. The van der Waals surface area contributed by atoms with Crippen LogP contribution in [0.15, 0.2) is 30.7 Å². The number of hydrogen-bond acceptors (Lipinski definition) is 3. The van der Waals surface area contributed by atoms with Crippen molar-refractivity contribution in [3.8, 4) is 0 Å². The third kappa shape index (κ3) is 1.24. The number of Topliss-reactive ketones (excluding diaryl/α,β-unsaturated/α-hetero) is 1. The molecule has 0 spiro atoms. The van der Waals surface area contributed by atoms with E-state index in [0.717, 1.165) is 0 Å². The smallest absolute Gasteiger partial charge is 0.377 e. The minimum atomic E-state index is -1.45. The number of ketones is 1. The van der Waals surface area contributed by atoms with Crippen LogP contribution < -0.4 is 0 Å². The van der Waals surface area contributed by atoms with Gasteiger partial charge in [-0.15, -0.1) is 0 Å². The Kier molecular flexibility index (Phi) is 1.78. The summed E-state index contributed by atoms with van der Waals surface area (Å²) < 4.78 is 1.59. The van der Waals surface area contributed by atoms with E-state index in [0.29, 0.717) is 5.65 Å². The van der Waals surface area contributed by atoms with E-state index >= 15 is 0 Å². The third-order valence-corrected chi connectivity index (χ3v) is 1.85. The van der Waals surface area contributed by atoms with Gasteiger partial charge < -0.3 is 9.51 Å². The largest absolute Gasteiger partial charge is 0.475 e. The topological polar surface area (TPSA) is 71.7 Å². The van der Waals surface area contributed by atoms with Gasteiger partial charge in [0.05, 0.1) is 0 Å². The molecular weight excluding hydrogens is 184 g/mol. The molecule has 0 aromatic carbocycles. The highest BCUT2D eigenvalue weighted by Gasteiger charge is 2.14. The lowest BCUT2D eigenvalue weighted by atomic mass is 10.2. The van der Waals surface area contributed by atoms with E-state index in [1.54, 1.807) is 22.9 Å². The van der Waals surface area contributed by atoms with Crippen molar-refractivity contribution in [2.75, 3.05) is 0 Å². The summed E-state index contributed by atoms with van der Waals surface area (Å²) in [5.74, 6) is -2.37. The monoisotopic (exact) mass is 190 g/mol. The van der Waals surface area contributed by atoms with Crippen LogP contribution in [-0.2, 0) is 4.79 Å². The molecule has 0 atom stereocenters. The number of aromatic nitrogens is 2. The van der Waals surface area contributed by atoms with Crippen molar-refractivity contribution in [2.24, 2.45) is 0 Å². The number of carbonyl (C=O) groups excluding carboxylic acids is 1. The van der Waals surface area contributed by atoms with Crippen LogP contribution in [0.2, 0.25) is 0 Å². The molecule has 2 aromatic heterocycles. The van der Waals surface area contributed by atoms with Crippen LogP contribution >= 0.6 is 0 Å². The van der Waals surface area contributed by atoms with Crippen LogP contribution in [0.1, 0.15) is 10.4 Å². The number of imidazole rings is 1. The predicted molar refractivity (Wildman–Crippen MR) is 47.2 cm³/mol. The summed E-state index contributed by atoms with van der Waals surface area (Å²) in [4.78, 5) is 25.4. The average Bonchev–Trinajstić information content (AvgIpc) is 2.62. The van der Waals surface area contributed by atoms with Crippen molar-refractivity contribution in [1.29, 1.82) is 0 Å². The molecule has 0 aliphatic heterocycles. The molecule has 0 bridgehead atoms. The standard InChI is InChI=1S/C9H6N2O3/c12-8(9(13)14)6-1-2-7-10-3-4-11(7)5-6/h1-5H,(H,13,14). The summed E-state index contributed by atoms with van der Waals surface area (Å²) in [6.07, 6.45) is 4.66. The molecule has 0 fully saturated rings. The fourth-order valence-electron chi connectivity index (χ4n) is 1.18. The molecule has 0 amide bonds. The SMILES string of the molecule is O=C(O)C(=O)c1ccc2nccn2c1. The Labute approximate surface area is 78.6 Å². The molecule has 2 rings (SSSR count). The maximum absolute atomic E-state index is 11.1. The van der Waals surface area contributed by atoms with Gasteiger partial charge in [0.15, 0.2) is 0 Å². The Morgan fingerprint density at radius 1 is 1.36 bits per heavy atom. The van der Waals surface area contributed by atoms with Gasteiger partial charge >= 0.3 is 5.97 Å². The predicted octanol–water partition coefficient (Wildman–Crippen LogP) is 0.602. The number of carboxylic acid groups (broad SMARTS) is 1. The van der Waals surface area contributed by atoms with Crippen molar-refractivity contribution < 1.29 is 14.7 Å². The lowest BCUT2D eigenvalue weighted by Crippen LogP contribution is -2.13. The van der Waals surface area contributed by atoms with Gasteiger partial charge in [0.25, 0.3) is 5.78 Å². The average molecular weight is 190 g/mol. The molecule has 0 aliphatic carbocycles. The maximum atomic E-state index is 11.1. The van der Waals surface area contributed by atoms with E-state index in [2.05, 4.69) is 4.98 Å². The van der Waals surface area contributed by atoms with Crippen molar-refractivity contribution in [2.45, 2.75) is 0 Å². The quantitative estimate of drug-likeness (QED) is 0.556. The molecule has 0 saturated carbocycles. The molecule has 0 saturated heterocycles.